The van der Waals surface area contributed by atoms with Crippen LogP contribution in [0.5, 0.6) is 0 Å². The third-order valence-electron chi connectivity index (χ3n) is 20.4. The molecule has 20 rings (SSSR count). The Bertz CT molecular complexity index is 6420. The summed E-state index contributed by atoms with van der Waals surface area (Å²) in [5.41, 5.74) is 20.3. The summed E-state index contributed by atoms with van der Waals surface area (Å²) in [6.45, 7) is 6.44. The van der Waals surface area contributed by atoms with Crippen molar-refractivity contribution < 1.29 is 20.1 Å². The molecule has 20 aromatic rings. The minimum Gasteiger partial charge on any atom is -0.309 e. The Balaban J connectivity index is 0.000000127. The number of para-hydroxylation sites is 2. The molecule has 0 N–H and O–H groups in total. The minimum absolute atomic E-state index is 0. The number of hydrogen-bond donors (Lipinski definition) is 0. The summed E-state index contributed by atoms with van der Waals surface area (Å²) in [5.74, 6) is 0. The molecular formula is C98H69IrN4-. The molecule has 3 heterocycles. The van der Waals surface area contributed by atoms with E-state index in [4.69, 9.17) is 0 Å². The van der Waals surface area contributed by atoms with Crippen LogP contribution in [0, 0.1) is 6.07 Å². The summed E-state index contributed by atoms with van der Waals surface area (Å²) in [6, 6.07) is 132. The fourth-order valence-electron chi connectivity index (χ4n) is 15.6. The van der Waals surface area contributed by atoms with Gasteiger partial charge in [0.25, 0.3) is 0 Å². The number of benzene rings is 17. The average molecular weight is 1490 g/mol. The zero-order valence-corrected chi connectivity index (χ0v) is 59.7. The van der Waals surface area contributed by atoms with Crippen LogP contribution in [0.4, 0.5) is 0 Å². The Kier molecular flexibility index (Phi) is 16.8. The Morgan fingerprint density at radius 3 is 1.31 bits per heavy atom. The van der Waals surface area contributed by atoms with Crippen LogP contribution in [0.1, 0.15) is 26.5 Å². The molecule has 5 heteroatoms. The van der Waals surface area contributed by atoms with Crippen molar-refractivity contribution in [1.82, 2.24) is 19.1 Å². The van der Waals surface area contributed by atoms with Crippen molar-refractivity contribution in [3.05, 3.63) is 376 Å². The van der Waals surface area contributed by atoms with Crippen LogP contribution in [-0.4, -0.2) is 19.1 Å². The van der Waals surface area contributed by atoms with Gasteiger partial charge in [-0.25, -0.2) is 4.98 Å². The van der Waals surface area contributed by atoms with E-state index in [1.54, 1.807) is 6.33 Å². The summed E-state index contributed by atoms with van der Waals surface area (Å²) < 4.78 is 4.81. The molecule has 0 aliphatic rings. The Hall–Kier alpha value is -12.4. The second-order valence-corrected chi connectivity index (χ2v) is 27.5. The van der Waals surface area contributed by atoms with Crippen molar-refractivity contribution in [1.29, 1.82) is 0 Å². The van der Waals surface area contributed by atoms with Gasteiger partial charge in [0.2, 0.25) is 0 Å². The first kappa shape index (κ1) is 64.0. The van der Waals surface area contributed by atoms with Gasteiger partial charge in [-0.2, -0.15) is 0 Å². The molecule has 0 atom stereocenters. The van der Waals surface area contributed by atoms with E-state index in [0.717, 1.165) is 22.6 Å². The number of rotatable bonds is 7. The largest absolute Gasteiger partial charge is 0.309 e. The van der Waals surface area contributed by atoms with Crippen molar-refractivity contribution in [2.45, 2.75) is 26.2 Å². The SMILES string of the molecule is CC(C)(C)c1cc(-c2[c-]cccc2)ncn1.[Ir].c1ccc(-c2c3ccccc3c(-c3ccc(-n4c5ccc6ccccc6c5c5c6ccccc6ccc54)cc3)c3ccccc23)cc1.c1ccc(-n2c3ccccc3c3cc(-c4ccc(-c5cc6ccccc6c6ccccc56)cc4)ccc32)cc1. The van der Waals surface area contributed by atoms with Crippen LogP contribution in [0.25, 0.3) is 175 Å². The molecule has 0 aliphatic carbocycles. The molecule has 0 saturated heterocycles. The Labute approximate surface area is 612 Å². The molecule has 0 amide bonds. The Morgan fingerprint density at radius 1 is 0.282 bits per heavy atom. The van der Waals surface area contributed by atoms with E-state index in [1.807, 2.05) is 30.3 Å². The molecule has 0 fully saturated rings. The molecular weight excluding hydrogens is 1430 g/mol. The van der Waals surface area contributed by atoms with Gasteiger partial charge in [-0.15, -0.1) is 35.9 Å². The van der Waals surface area contributed by atoms with Crippen molar-refractivity contribution in [2.24, 2.45) is 0 Å². The van der Waals surface area contributed by atoms with Gasteiger partial charge < -0.3 is 9.13 Å². The molecule has 3 aromatic heterocycles. The summed E-state index contributed by atoms with van der Waals surface area (Å²) >= 11 is 0. The zero-order chi connectivity index (χ0) is 68.3. The predicted molar refractivity (Wildman–Crippen MR) is 433 cm³/mol. The third-order valence-corrected chi connectivity index (χ3v) is 20.4. The zero-order valence-electron chi connectivity index (χ0n) is 57.3. The van der Waals surface area contributed by atoms with Gasteiger partial charge in [0.15, 0.2) is 0 Å². The van der Waals surface area contributed by atoms with E-state index in [1.165, 1.54) is 158 Å². The van der Waals surface area contributed by atoms with E-state index >= 15 is 0 Å². The maximum Gasteiger partial charge on any atom is 0.105 e. The monoisotopic (exact) mass is 1490 g/mol. The summed E-state index contributed by atoms with van der Waals surface area (Å²) in [7, 11) is 0. The van der Waals surface area contributed by atoms with Crippen LogP contribution < -0.4 is 0 Å². The second-order valence-electron chi connectivity index (χ2n) is 27.5. The van der Waals surface area contributed by atoms with Gasteiger partial charge in [0.05, 0.1) is 22.1 Å². The average Bonchev–Trinajstić information content (AvgIpc) is 1.65. The van der Waals surface area contributed by atoms with Crippen molar-refractivity contribution in [2.75, 3.05) is 0 Å². The van der Waals surface area contributed by atoms with Crippen molar-refractivity contribution >= 4 is 108 Å². The maximum atomic E-state index is 4.31. The van der Waals surface area contributed by atoms with Crippen LogP contribution in [0.2, 0.25) is 0 Å². The van der Waals surface area contributed by atoms with E-state index < -0.39 is 0 Å². The van der Waals surface area contributed by atoms with E-state index in [2.05, 4.69) is 374 Å². The van der Waals surface area contributed by atoms with Crippen LogP contribution >= 0.6 is 0 Å². The number of nitrogens with zero attached hydrogens (tertiary/aromatic N) is 4. The topological polar surface area (TPSA) is 35.6 Å². The van der Waals surface area contributed by atoms with Gasteiger partial charge in [0.1, 0.15) is 6.33 Å². The maximum absolute atomic E-state index is 4.31. The first-order valence-electron chi connectivity index (χ1n) is 35.1. The van der Waals surface area contributed by atoms with E-state index in [0.29, 0.717) is 0 Å². The summed E-state index contributed by atoms with van der Waals surface area (Å²) in [6.07, 6.45) is 1.62. The fraction of sp³-hybridized carbons (Fsp3) is 0.0408. The summed E-state index contributed by atoms with van der Waals surface area (Å²) in [5, 5.41) is 20.5. The first-order valence-corrected chi connectivity index (χ1v) is 35.1. The molecule has 491 valence electrons. The van der Waals surface area contributed by atoms with Gasteiger partial charge in [-0.1, -0.05) is 294 Å². The second kappa shape index (κ2) is 27.0. The fourth-order valence-corrected chi connectivity index (χ4v) is 15.6. The minimum atomic E-state index is 0. The molecule has 0 aliphatic heterocycles. The normalized spacial score (nSPS) is 11.6. The van der Waals surface area contributed by atoms with Crippen molar-refractivity contribution in [3.63, 3.8) is 0 Å². The van der Waals surface area contributed by atoms with Gasteiger partial charge in [-0.05, 0) is 175 Å². The van der Waals surface area contributed by atoms with Crippen LogP contribution in [0.15, 0.2) is 364 Å². The molecule has 0 spiro atoms. The van der Waals surface area contributed by atoms with Crippen molar-refractivity contribution in [3.8, 4) is 67.1 Å². The quantitative estimate of drug-likeness (QED) is 0.0906. The molecule has 4 nitrogen and oxygen atoms in total. The van der Waals surface area contributed by atoms with Crippen LogP contribution in [-0.2, 0) is 25.5 Å². The first-order chi connectivity index (χ1) is 50.3. The molecule has 0 saturated carbocycles. The standard InChI is InChI=1S/C46H29N.C38H25N.C14H15N2.Ir/c1-2-14-32(15-3-1)43-37-18-8-10-20-39(37)44(40-21-11-9-19-38(40)43)33-22-26-34(27-23-33)47-41-28-24-30-12-4-6-16-35(30)45(41)46-36-17-7-5-13-31(36)25-29-42(46)47;1-2-11-30(12-3-1)39-37-17-9-8-16-34(37)36-24-28(22-23-38(36)39)26-18-20-27(21-19-26)35-25-29-10-4-5-13-31(29)32-14-6-7-15-33(32)35;1-14(2,3)13-9-12(15-10-16-13)11-7-5-4-6-8-11;/h1-29H;1-25H;4-7,9-10H,1-3H3;/q;;-1;. The van der Waals surface area contributed by atoms with Crippen LogP contribution in [0.3, 0.4) is 0 Å². The molecule has 0 bridgehead atoms. The van der Waals surface area contributed by atoms with E-state index in [9.17, 15) is 0 Å². The van der Waals surface area contributed by atoms with E-state index in [-0.39, 0.29) is 25.5 Å². The van der Waals surface area contributed by atoms with Gasteiger partial charge >= 0.3 is 0 Å². The predicted octanol–water partition coefficient (Wildman–Crippen LogP) is 26.4. The molecule has 17 aromatic carbocycles. The van der Waals surface area contributed by atoms with Gasteiger partial charge in [0, 0.05) is 64.1 Å². The third kappa shape index (κ3) is 11.6. The summed E-state index contributed by atoms with van der Waals surface area (Å²) in [4.78, 5) is 8.59. The number of fused-ring (bicyclic) bond motifs is 15. The molecule has 103 heavy (non-hydrogen) atoms. The van der Waals surface area contributed by atoms with Gasteiger partial charge in [-0.3, -0.25) is 4.98 Å². The molecule has 1 radical (unpaired) electrons. The number of hydrogen-bond acceptors (Lipinski definition) is 2. The number of aromatic nitrogens is 4. The Morgan fingerprint density at radius 2 is 0.718 bits per heavy atom. The molecule has 0 unspecified atom stereocenters. The smallest absolute Gasteiger partial charge is 0.105 e.